The van der Waals surface area contributed by atoms with Crippen LogP contribution in [-0.2, 0) is 14.5 Å². The summed E-state index contributed by atoms with van der Waals surface area (Å²) in [7, 11) is 0. The largest absolute Gasteiger partial charge is 0.364 e. The molecule has 5 nitrogen and oxygen atoms in total. The Balaban J connectivity index is 1.92. The highest BCUT2D eigenvalue weighted by Crippen LogP contribution is 2.42. The Morgan fingerprint density at radius 3 is 1.61 bits per heavy atom. The zero-order valence-corrected chi connectivity index (χ0v) is 20.8. The van der Waals surface area contributed by atoms with Crippen molar-refractivity contribution >= 4 is 5.97 Å². The molecule has 0 saturated carbocycles. The van der Waals surface area contributed by atoms with Crippen molar-refractivity contribution in [3.05, 3.63) is 35.9 Å². The number of nitrogens with zero attached hydrogens (tertiary/aromatic N) is 2. The first-order chi connectivity index (χ1) is 14.3. The predicted molar refractivity (Wildman–Crippen MR) is 124 cm³/mol. The first-order valence-electron chi connectivity index (χ1n) is 11.8. The lowest BCUT2D eigenvalue weighted by molar-refractivity contribution is -0.320. The Kier molecular flexibility index (Phi) is 6.63. The van der Waals surface area contributed by atoms with E-state index < -0.39 is 6.10 Å². The standard InChI is InChI=1S/C26H42N2O3/c1-23(2)16-12-17-24(3,4)27(23)30-21(20-14-10-9-11-15-20)22(29)31-28-25(5,6)18-13-19-26(28,7)8/h9-11,14-15,21H,12-13,16-19H2,1-8H3/t21-/m0/s1. The van der Waals surface area contributed by atoms with E-state index in [2.05, 4.69) is 60.5 Å². The van der Waals surface area contributed by atoms with Crippen LogP contribution in [0.25, 0.3) is 0 Å². The SMILES string of the molecule is CC1(C)CCCC(C)(C)N1OC(=O)[C@@H](ON1C(C)(C)CCCC1(C)C)c1ccccc1. The second kappa shape index (κ2) is 8.49. The summed E-state index contributed by atoms with van der Waals surface area (Å²) in [6, 6.07) is 9.74. The van der Waals surface area contributed by atoms with Crippen LogP contribution in [0.15, 0.2) is 30.3 Å². The molecular weight excluding hydrogens is 388 g/mol. The zero-order valence-electron chi connectivity index (χ0n) is 20.8. The summed E-state index contributed by atoms with van der Waals surface area (Å²) in [4.78, 5) is 26.4. The van der Waals surface area contributed by atoms with Crippen molar-refractivity contribution in [2.24, 2.45) is 0 Å². The van der Waals surface area contributed by atoms with E-state index >= 15 is 0 Å². The average molecular weight is 431 g/mol. The molecule has 2 saturated heterocycles. The smallest absolute Gasteiger partial charge is 0.361 e. The van der Waals surface area contributed by atoms with E-state index in [1.54, 1.807) is 0 Å². The van der Waals surface area contributed by atoms with Crippen LogP contribution in [0.2, 0.25) is 0 Å². The summed E-state index contributed by atoms with van der Waals surface area (Å²) in [6.07, 6.45) is 5.50. The van der Waals surface area contributed by atoms with Gasteiger partial charge in [-0.2, -0.15) is 5.06 Å². The molecule has 174 valence electrons. The van der Waals surface area contributed by atoms with Crippen LogP contribution in [0, 0.1) is 0 Å². The van der Waals surface area contributed by atoms with E-state index in [0.717, 1.165) is 44.1 Å². The fourth-order valence-corrected chi connectivity index (χ4v) is 5.60. The number of piperidine rings is 2. The predicted octanol–water partition coefficient (Wildman–Crippen LogP) is 6.20. The molecule has 31 heavy (non-hydrogen) atoms. The fraction of sp³-hybridized carbons (Fsp3) is 0.731. The Morgan fingerprint density at radius 2 is 1.16 bits per heavy atom. The molecule has 0 bridgehead atoms. The molecule has 0 aliphatic carbocycles. The molecule has 1 aromatic carbocycles. The van der Waals surface area contributed by atoms with Gasteiger partial charge in [-0.25, -0.2) is 4.79 Å². The number of hydrogen-bond donors (Lipinski definition) is 0. The minimum absolute atomic E-state index is 0.168. The van der Waals surface area contributed by atoms with E-state index in [1.165, 1.54) is 0 Å². The number of hydroxylamine groups is 4. The van der Waals surface area contributed by atoms with Gasteiger partial charge in [0, 0.05) is 11.1 Å². The third-order valence-corrected chi connectivity index (χ3v) is 7.06. The normalized spacial score (nSPS) is 26.2. The van der Waals surface area contributed by atoms with Crippen LogP contribution in [0.5, 0.6) is 0 Å². The number of carbonyl (C=O) groups excluding carboxylic acids is 1. The van der Waals surface area contributed by atoms with Gasteiger partial charge in [0.2, 0.25) is 6.10 Å². The van der Waals surface area contributed by atoms with Crippen LogP contribution in [0.3, 0.4) is 0 Å². The van der Waals surface area contributed by atoms with E-state index in [0.29, 0.717) is 0 Å². The van der Waals surface area contributed by atoms with Gasteiger partial charge in [0.25, 0.3) is 0 Å². The molecule has 2 aliphatic heterocycles. The summed E-state index contributed by atoms with van der Waals surface area (Å²) >= 11 is 0. The Bertz CT molecular complexity index is 738. The molecule has 0 amide bonds. The molecule has 2 heterocycles. The maximum Gasteiger partial charge on any atom is 0.361 e. The highest BCUT2D eigenvalue weighted by atomic mass is 16.8. The van der Waals surface area contributed by atoms with Gasteiger partial charge >= 0.3 is 5.97 Å². The lowest BCUT2D eigenvalue weighted by atomic mass is 9.82. The van der Waals surface area contributed by atoms with Crippen molar-refractivity contribution in [3.8, 4) is 0 Å². The minimum atomic E-state index is -0.814. The third kappa shape index (κ3) is 5.15. The molecule has 1 aromatic rings. The van der Waals surface area contributed by atoms with Gasteiger partial charge in [-0.15, -0.1) is 5.06 Å². The Morgan fingerprint density at radius 1 is 0.742 bits per heavy atom. The number of benzene rings is 1. The molecule has 3 rings (SSSR count). The molecule has 5 heteroatoms. The molecule has 2 aliphatic rings. The van der Waals surface area contributed by atoms with Crippen molar-refractivity contribution in [3.63, 3.8) is 0 Å². The summed E-state index contributed by atoms with van der Waals surface area (Å²) in [6.45, 7) is 17.4. The van der Waals surface area contributed by atoms with Gasteiger partial charge in [-0.1, -0.05) is 30.3 Å². The Labute approximate surface area is 189 Å². The van der Waals surface area contributed by atoms with Crippen LogP contribution in [0.1, 0.15) is 106 Å². The Hall–Kier alpha value is -1.43. The lowest BCUT2D eigenvalue weighted by Gasteiger charge is -2.53. The second-order valence-electron chi connectivity index (χ2n) is 11.9. The van der Waals surface area contributed by atoms with Gasteiger partial charge in [-0.05, 0) is 99.5 Å². The van der Waals surface area contributed by atoms with Gasteiger partial charge < -0.3 is 4.84 Å². The molecule has 0 spiro atoms. The molecule has 0 aromatic heterocycles. The maximum absolute atomic E-state index is 13.7. The van der Waals surface area contributed by atoms with Gasteiger partial charge in [-0.3, -0.25) is 4.84 Å². The first kappa shape index (κ1) is 24.2. The molecule has 2 fully saturated rings. The highest BCUT2D eigenvalue weighted by molar-refractivity contribution is 5.76. The third-order valence-electron chi connectivity index (χ3n) is 7.06. The zero-order chi connectivity index (χ0) is 23.1. The number of rotatable bonds is 5. The first-order valence-corrected chi connectivity index (χ1v) is 11.8. The van der Waals surface area contributed by atoms with Crippen molar-refractivity contribution in [2.75, 3.05) is 0 Å². The average Bonchev–Trinajstić information content (AvgIpc) is 2.64. The van der Waals surface area contributed by atoms with Crippen molar-refractivity contribution in [2.45, 2.75) is 122 Å². The number of carbonyl (C=O) groups is 1. The molecular formula is C26H42N2O3. The monoisotopic (exact) mass is 430 g/mol. The summed E-state index contributed by atoms with van der Waals surface area (Å²) in [5, 5.41) is 3.96. The van der Waals surface area contributed by atoms with Crippen LogP contribution >= 0.6 is 0 Å². The molecule has 0 radical (unpaired) electrons. The highest BCUT2D eigenvalue weighted by Gasteiger charge is 2.48. The summed E-state index contributed by atoms with van der Waals surface area (Å²) in [5.41, 5.74) is 0.0412. The van der Waals surface area contributed by atoms with E-state index in [-0.39, 0.29) is 28.1 Å². The van der Waals surface area contributed by atoms with Crippen LogP contribution in [-0.4, -0.2) is 38.3 Å². The van der Waals surface area contributed by atoms with E-state index in [1.807, 2.05) is 35.4 Å². The van der Waals surface area contributed by atoms with Crippen LogP contribution < -0.4 is 0 Å². The van der Waals surface area contributed by atoms with Gasteiger partial charge in [0.1, 0.15) is 0 Å². The topological polar surface area (TPSA) is 42.0 Å². The van der Waals surface area contributed by atoms with Gasteiger partial charge in [0.05, 0.1) is 11.1 Å². The second-order valence-corrected chi connectivity index (χ2v) is 11.9. The van der Waals surface area contributed by atoms with Gasteiger partial charge in [0.15, 0.2) is 0 Å². The van der Waals surface area contributed by atoms with Crippen molar-refractivity contribution in [1.82, 2.24) is 10.1 Å². The molecule has 0 unspecified atom stereocenters. The summed E-state index contributed by atoms with van der Waals surface area (Å²) in [5.74, 6) is -0.355. The fourth-order valence-electron chi connectivity index (χ4n) is 5.60. The molecule has 0 N–H and O–H groups in total. The van der Waals surface area contributed by atoms with Crippen LogP contribution in [0.4, 0.5) is 0 Å². The number of hydrogen-bond acceptors (Lipinski definition) is 5. The maximum atomic E-state index is 13.7. The van der Waals surface area contributed by atoms with Crippen molar-refractivity contribution < 1.29 is 14.5 Å². The minimum Gasteiger partial charge on any atom is -0.364 e. The van der Waals surface area contributed by atoms with E-state index in [9.17, 15) is 4.79 Å². The quantitative estimate of drug-likeness (QED) is 0.556. The summed E-state index contributed by atoms with van der Waals surface area (Å²) < 4.78 is 0. The van der Waals surface area contributed by atoms with E-state index in [4.69, 9.17) is 9.68 Å². The van der Waals surface area contributed by atoms with Crippen molar-refractivity contribution in [1.29, 1.82) is 0 Å². The molecule has 1 atom stereocenters. The lowest BCUT2D eigenvalue weighted by Crippen LogP contribution is -2.60.